The smallest absolute Gasteiger partial charge is 0.337 e. The van der Waals surface area contributed by atoms with Crippen molar-refractivity contribution in [1.29, 1.82) is 0 Å². The van der Waals surface area contributed by atoms with Gasteiger partial charge in [-0.2, -0.15) is 0 Å². The third-order valence-corrected chi connectivity index (χ3v) is 4.36. The number of esters is 1. The lowest BCUT2D eigenvalue weighted by molar-refractivity contribution is -0.136. The Bertz CT molecular complexity index is 418. The van der Waals surface area contributed by atoms with Gasteiger partial charge in [-0.15, -0.1) is 0 Å². The minimum Gasteiger partial charge on any atom is -0.466 e. The molecule has 1 unspecified atom stereocenters. The molecule has 0 aromatic heterocycles. The van der Waals surface area contributed by atoms with E-state index in [0.29, 0.717) is 11.3 Å². The second kappa shape index (κ2) is 11.1. The van der Waals surface area contributed by atoms with Gasteiger partial charge in [0.05, 0.1) is 18.7 Å². The third kappa shape index (κ3) is 7.06. The molecule has 5 heteroatoms. The Balaban J connectivity index is 2.28. The van der Waals surface area contributed by atoms with E-state index >= 15 is 0 Å². The summed E-state index contributed by atoms with van der Waals surface area (Å²) in [6.07, 6.45) is 12.1. The number of unbranched alkanes of at least 4 members (excludes halogenated alkanes) is 8. The number of urea groups is 1. The maximum Gasteiger partial charge on any atom is 0.337 e. The van der Waals surface area contributed by atoms with Crippen molar-refractivity contribution in [1.82, 2.24) is 10.6 Å². The summed E-state index contributed by atoms with van der Waals surface area (Å²) in [6.45, 7) is 3.98. The van der Waals surface area contributed by atoms with Gasteiger partial charge in [-0.3, -0.25) is 0 Å². The molecule has 0 aliphatic carbocycles. The van der Waals surface area contributed by atoms with E-state index in [1.54, 1.807) is 6.92 Å². The molecule has 5 nitrogen and oxygen atoms in total. The van der Waals surface area contributed by atoms with Gasteiger partial charge in [0.2, 0.25) is 0 Å². The maximum absolute atomic E-state index is 11.9. The molecule has 1 atom stereocenters. The number of amides is 2. The summed E-state index contributed by atoms with van der Waals surface area (Å²) in [4.78, 5) is 23.5. The van der Waals surface area contributed by atoms with Crippen molar-refractivity contribution in [3.8, 4) is 0 Å². The zero-order chi connectivity index (χ0) is 17.1. The Kier molecular flexibility index (Phi) is 9.41. The van der Waals surface area contributed by atoms with Crippen LogP contribution in [-0.4, -0.2) is 25.2 Å². The van der Waals surface area contributed by atoms with Crippen molar-refractivity contribution >= 4 is 12.0 Å². The molecular weight excluding hydrogens is 292 g/mol. The lowest BCUT2D eigenvalue weighted by atomic mass is 9.96. The molecule has 2 amide bonds. The Hall–Kier alpha value is -1.52. The fourth-order valence-electron chi connectivity index (χ4n) is 3.05. The Morgan fingerprint density at radius 3 is 2.17 bits per heavy atom. The number of hydrogen-bond acceptors (Lipinski definition) is 3. The molecular formula is C18H32N2O3. The van der Waals surface area contributed by atoms with E-state index in [4.69, 9.17) is 4.74 Å². The molecule has 2 N–H and O–H groups in total. The molecule has 1 heterocycles. The average Bonchev–Trinajstić information content (AvgIpc) is 2.52. The molecule has 23 heavy (non-hydrogen) atoms. The van der Waals surface area contributed by atoms with Gasteiger partial charge in [0.15, 0.2) is 0 Å². The van der Waals surface area contributed by atoms with Crippen LogP contribution in [0.4, 0.5) is 4.79 Å². The summed E-state index contributed by atoms with van der Waals surface area (Å²) in [7, 11) is 1.37. The van der Waals surface area contributed by atoms with Crippen LogP contribution in [0.15, 0.2) is 11.3 Å². The minimum atomic E-state index is -0.365. The normalized spacial score (nSPS) is 17.7. The number of rotatable bonds is 11. The molecule has 1 aliphatic heterocycles. The van der Waals surface area contributed by atoms with E-state index in [0.717, 1.165) is 19.3 Å². The highest BCUT2D eigenvalue weighted by Crippen LogP contribution is 2.19. The summed E-state index contributed by atoms with van der Waals surface area (Å²) in [6, 6.07) is -0.475. The molecule has 1 rings (SSSR count). The summed E-state index contributed by atoms with van der Waals surface area (Å²) in [5.74, 6) is -0.365. The van der Waals surface area contributed by atoms with Crippen LogP contribution in [-0.2, 0) is 9.53 Å². The fourth-order valence-corrected chi connectivity index (χ4v) is 3.05. The van der Waals surface area contributed by atoms with Crippen LogP contribution in [0, 0.1) is 0 Å². The van der Waals surface area contributed by atoms with Gasteiger partial charge in [-0.05, 0) is 13.3 Å². The number of nitrogens with one attached hydrogen (secondary N) is 2. The second-order valence-corrected chi connectivity index (χ2v) is 6.30. The van der Waals surface area contributed by atoms with Crippen LogP contribution in [0.25, 0.3) is 0 Å². The van der Waals surface area contributed by atoms with Gasteiger partial charge in [-0.1, -0.05) is 64.7 Å². The zero-order valence-electron chi connectivity index (χ0n) is 14.9. The largest absolute Gasteiger partial charge is 0.466 e. The van der Waals surface area contributed by atoms with Crippen LogP contribution >= 0.6 is 0 Å². The molecule has 0 aromatic rings. The van der Waals surface area contributed by atoms with Gasteiger partial charge in [0.25, 0.3) is 0 Å². The number of hydrogen-bond donors (Lipinski definition) is 2. The van der Waals surface area contributed by atoms with E-state index in [1.165, 1.54) is 52.1 Å². The summed E-state index contributed by atoms with van der Waals surface area (Å²) in [5.41, 5.74) is 1.15. The van der Waals surface area contributed by atoms with Gasteiger partial charge < -0.3 is 15.4 Å². The molecule has 0 radical (unpaired) electrons. The average molecular weight is 324 g/mol. The first-order valence-corrected chi connectivity index (χ1v) is 8.96. The Labute approximate surface area is 140 Å². The molecule has 1 aliphatic rings. The van der Waals surface area contributed by atoms with Crippen LogP contribution < -0.4 is 10.6 Å². The maximum atomic E-state index is 11.9. The third-order valence-electron chi connectivity index (χ3n) is 4.36. The van der Waals surface area contributed by atoms with E-state index in [1.807, 2.05) is 0 Å². The molecule has 0 aromatic carbocycles. The van der Waals surface area contributed by atoms with Crippen LogP contribution in [0.1, 0.15) is 78.1 Å². The number of carbonyl (C=O) groups is 2. The zero-order valence-corrected chi connectivity index (χ0v) is 14.9. The van der Waals surface area contributed by atoms with E-state index < -0.39 is 0 Å². The van der Waals surface area contributed by atoms with Crippen molar-refractivity contribution in [2.24, 2.45) is 0 Å². The number of methoxy groups -OCH3 is 1. The first-order valence-electron chi connectivity index (χ1n) is 8.96. The van der Waals surface area contributed by atoms with Gasteiger partial charge in [0, 0.05) is 5.70 Å². The highest BCUT2D eigenvalue weighted by molar-refractivity contribution is 5.94. The highest BCUT2D eigenvalue weighted by atomic mass is 16.5. The van der Waals surface area contributed by atoms with Crippen molar-refractivity contribution < 1.29 is 14.3 Å². The molecule has 0 fully saturated rings. The molecule has 0 bridgehead atoms. The molecule has 132 valence electrons. The summed E-state index contributed by atoms with van der Waals surface area (Å²) >= 11 is 0. The monoisotopic (exact) mass is 324 g/mol. The lowest BCUT2D eigenvalue weighted by Gasteiger charge is -2.27. The van der Waals surface area contributed by atoms with Gasteiger partial charge >= 0.3 is 12.0 Å². The van der Waals surface area contributed by atoms with E-state index in [2.05, 4.69) is 17.6 Å². The number of allylic oxidation sites excluding steroid dienone is 1. The van der Waals surface area contributed by atoms with E-state index in [9.17, 15) is 9.59 Å². The summed E-state index contributed by atoms with van der Waals surface area (Å²) in [5, 5.41) is 5.47. The molecule has 0 saturated heterocycles. The first-order chi connectivity index (χ1) is 11.1. The van der Waals surface area contributed by atoms with Crippen molar-refractivity contribution in [3.05, 3.63) is 11.3 Å². The number of carbonyl (C=O) groups excluding carboxylic acids is 2. The summed E-state index contributed by atoms with van der Waals surface area (Å²) < 4.78 is 4.83. The quantitative estimate of drug-likeness (QED) is 0.445. The first kappa shape index (κ1) is 19.5. The molecule has 0 saturated carbocycles. The standard InChI is InChI=1S/C18H32N2O3/c1-4-5-6-7-8-9-10-11-12-13-15-16(17(21)23-3)14(2)19-18(22)20-15/h15H,4-13H2,1-3H3,(H2,19,20,22). The van der Waals surface area contributed by atoms with Crippen LogP contribution in [0.5, 0.6) is 0 Å². The topological polar surface area (TPSA) is 67.4 Å². The minimum absolute atomic E-state index is 0.235. The van der Waals surface area contributed by atoms with Crippen molar-refractivity contribution in [3.63, 3.8) is 0 Å². The van der Waals surface area contributed by atoms with Crippen LogP contribution in [0.3, 0.4) is 0 Å². The van der Waals surface area contributed by atoms with E-state index in [-0.39, 0.29) is 18.0 Å². The van der Waals surface area contributed by atoms with Crippen molar-refractivity contribution in [2.45, 2.75) is 84.1 Å². The SMILES string of the molecule is CCCCCCCCCCCC1NC(=O)NC(C)=C1C(=O)OC. The van der Waals surface area contributed by atoms with Crippen molar-refractivity contribution in [2.75, 3.05) is 7.11 Å². The number of ether oxygens (including phenoxy) is 1. The predicted octanol–water partition coefficient (Wildman–Crippen LogP) is 4.04. The predicted molar refractivity (Wildman–Crippen MR) is 92.0 cm³/mol. The Morgan fingerprint density at radius 1 is 1.04 bits per heavy atom. The van der Waals surface area contributed by atoms with Gasteiger partial charge in [-0.25, -0.2) is 9.59 Å². The molecule has 0 spiro atoms. The second-order valence-electron chi connectivity index (χ2n) is 6.30. The lowest BCUT2D eigenvalue weighted by Crippen LogP contribution is -2.49. The highest BCUT2D eigenvalue weighted by Gasteiger charge is 2.29. The Morgan fingerprint density at radius 2 is 1.61 bits per heavy atom. The fraction of sp³-hybridized carbons (Fsp3) is 0.778. The van der Waals surface area contributed by atoms with Crippen LogP contribution in [0.2, 0.25) is 0 Å². The van der Waals surface area contributed by atoms with Gasteiger partial charge in [0.1, 0.15) is 0 Å².